The number of likely N-dealkylation sites (tertiary alicyclic amines) is 1. The summed E-state index contributed by atoms with van der Waals surface area (Å²) in [6, 6.07) is 9.76. The summed E-state index contributed by atoms with van der Waals surface area (Å²) in [7, 11) is 0. The van der Waals surface area contributed by atoms with Gasteiger partial charge < -0.3 is 15.0 Å². The maximum atomic E-state index is 12.5. The first-order chi connectivity index (χ1) is 14.4. The number of halogens is 3. The minimum atomic E-state index is -2.94. The van der Waals surface area contributed by atoms with Gasteiger partial charge in [0.25, 0.3) is 0 Å². The smallest absolute Gasteiger partial charge is 0.387 e. The number of carbonyl (C=O) groups excluding carboxylic acids is 2. The molecule has 0 unspecified atom stereocenters. The highest BCUT2D eigenvalue weighted by Crippen LogP contribution is 2.23. The fourth-order valence-corrected chi connectivity index (χ4v) is 3.36. The van der Waals surface area contributed by atoms with Crippen molar-refractivity contribution in [1.82, 2.24) is 9.88 Å². The highest BCUT2D eigenvalue weighted by molar-refractivity contribution is 9.10. The molecule has 0 radical (unpaired) electrons. The van der Waals surface area contributed by atoms with E-state index in [-0.39, 0.29) is 23.5 Å². The number of anilines is 1. The largest absolute Gasteiger partial charge is 0.434 e. The maximum absolute atomic E-state index is 12.5. The fourth-order valence-electron chi connectivity index (χ4n) is 3.13. The highest BCUT2D eigenvalue weighted by Gasteiger charge is 2.26. The zero-order valence-electron chi connectivity index (χ0n) is 15.9. The molecule has 30 heavy (non-hydrogen) atoms. The molecule has 9 heteroatoms. The number of nitrogens with one attached hydrogen (secondary N) is 1. The number of pyridine rings is 1. The third-order valence-electron chi connectivity index (χ3n) is 4.70. The number of aromatic nitrogens is 1. The maximum Gasteiger partial charge on any atom is 0.387 e. The second-order valence-electron chi connectivity index (χ2n) is 6.70. The van der Waals surface area contributed by atoms with Crippen LogP contribution in [0.3, 0.4) is 0 Å². The molecule has 1 saturated heterocycles. The van der Waals surface area contributed by atoms with E-state index in [0.29, 0.717) is 37.3 Å². The Balaban J connectivity index is 1.52. The van der Waals surface area contributed by atoms with Crippen molar-refractivity contribution in [1.29, 1.82) is 0 Å². The Morgan fingerprint density at radius 2 is 1.93 bits per heavy atom. The SMILES string of the molecule is O=C(Nc1ccc(Br)cn1)C1CCN(C(=O)C=Cc2ccccc2OC(F)F)CC1. The summed E-state index contributed by atoms with van der Waals surface area (Å²) >= 11 is 3.29. The Labute approximate surface area is 181 Å². The molecule has 6 nitrogen and oxygen atoms in total. The van der Waals surface area contributed by atoms with Crippen molar-refractivity contribution in [3.05, 3.63) is 58.7 Å². The van der Waals surface area contributed by atoms with Gasteiger partial charge in [-0.2, -0.15) is 8.78 Å². The average Bonchev–Trinajstić information content (AvgIpc) is 2.74. The molecule has 0 aliphatic carbocycles. The topological polar surface area (TPSA) is 71.5 Å². The normalized spacial score (nSPS) is 14.9. The summed E-state index contributed by atoms with van der Waals surface area (Å²) < 4.78 is 30.3. The number of nitrogens with zero attached hydrogens (tertiary/aromatic N) is 2. The van der Waals surface area contributed by atoms with Crippen LogP contribution < -0.4 is 10.1 Å². The minimum Gasteiger partial charge on any atom is -0.434 e. The van der Waals surface area contributed by atoms with E-state index < -0.39 is 6.61 Å². The van der Waals surface area contributed by atoms with Crippen molar-refractivity contribution in [2.75, 3.05) is 18.4 Å². The molecule has 2 heterocycles. The molecule has 1 fully saturated rings. The summed E-state index contributed by atoms with van der Waals surface area (Å²) in [5, 5.41) is 2.79. The van der Waals surface area contributed by atoms with E-state index >= 15 is 0 Å². The van der Waals surface area contributed by atoms with Gasteiger partial charge in [0.2, 0.25) is 11.8 Å². The van der Waals surface area contributed by atoms with Crippen LogP contribution in [-0.2, 0) is 9.59 Å². The molecule has 0 bridgehead atoms. The third kappa shape index (κ3) is 6.09. The van der Waals surface area contributed by atoms with Crippen molar-refractivity contribution >= 4 is 39.6 Å². The number of carbonyl (C=O) groups is 2. The molecule has 0 spiro atoms. The first-order valence-electron chi connectivity index (χ1n) is 9.35. The molecule has 1 aliphatic rings. The van der Waals surface area contributed by atoms with Crippen LogP contribution in [0.25, 0.3) is 6.08 Å². The monoisotopic (exact) mass is 479 g/mol. The molecular formula is C21H20BrF2N3O3. The van der Waals surface area contributed by atoms with E-state index in [0.717, 1.165) is 4.47 Å². The number of piperidine rings is 1. The number of hydrogen-bond acceptors (Lipinski definition) is 4. The first kappa shape index (κ1) is 21.9. The van der Waals surface area contributed by atoms with Crippen molar-refractivity contribution in [3.8, 4) is 5.75 Å². The van der Waals surface area contributed by atoms with E-state index in [1.807, 2.05) is 0 Å². The summed E-state index contributed by atoms with van der Waals surface area (Å²) in [6.45, 7) is -2.07. The van der Waals surface area contributed by atoms with E-state index in [2.05, 4.69) is 31.0 Å². The Bertz CT molecular complexity index is 914. The summed E-state index contributed by atoms with van der Waals surface area (Å²) in [5.74, 6) is -0.0766. The molecule has 2 amide bonds. The van der Waals surface area contributed by atoms with Gasteiger partial charge in [-0.15, -0.1) is 0 Å². The molecular weight excluding hydrogens is 460 g/mol. The van der Waals surface area contributed by atoms with Crippen LogP contribution in [-0.4, -0.2) is 41.4 Å². The predicted octanol–water partition coefficient (Wildman–Crippen LogP) is 4.34. The van der Waals surface area contributed by atoms with Crippen LogP contribution in [0.4, 0.5) is 14.6 Å². The van der Waals surface area contributed by atoms with Crippen molar-refractivity contribution in [3.63, 3.8) is 0 Å². The van der Waals surface area contributed by atoms with Crippen LogP contribution in [0.1, 0.15) is 18.4 Å². The summed E-state index contributed by atoms with van der Waals surface area (Å²) in [4.78, 5) is 30.6. The van der Waals surface area contributed by atoms with E-state index in [1.165, 1.54) is 18.2 Å². The van der Waals surface area contributed by atoms with Gasteiger partial charge in [-0.05, 0) is 53.0 Å². The number of para-hydroxylation sites is 1. The standard InChI is InChI=1S/C21H20BrF2N3O3/c22-16-6-7-18(25-13-16)26-20(29)15-9-11-27(12-10-15)19(28)8-5-14-3-1-2-4-17(14)30-21(23)24/h1-8,13,15,21H,9-12H2,(H,25,26,29). The van der Waals surface area contributed by atoms with Crippen molar-refractivity contribution in [2.45, 2.75) is 19.5 Å². The lowest BCUT2D eigenvalue weighted by atomic mass is 9.96. The van der Waals surface area contributed by atoms with E-state index in [4.69, 9.17) is 0 Å². The van der Waals surface area contributed by atoms with E-state index in [1.54, 1.807) is 41.4 Å². The van der Waals surface area contributed by atoms with Gasteiger partial charge in [0.05, 0.1) is 0 Å². The van der Waals surface area contributed by atoms with Crippen LogP contribution in [0, 0.1) is 5.92 Å². The molecule has 1 aliphatic heterocycles. The first-order valence-corrected chi connectivity index (χ1v) is 10.1. The van der Waals surface area contributed by atoms with Gasteiger partial charge in [-0.1, -0.05) is 18.2 Å². The molecule has 1 aromatic heterocycles. The Kier molecular flexibility index (Phi) is 7.51. The van der Waals surface area contributed by atoms with Gasteiger partial charge in [-0.3, -0.25) is 9.59 Å². The molecule has 158 valence electrons. The molecule has 0 atom stereocenters. The average molecular weight is 480 g/mol. The zero-order chi connectivity index (χ0) is 21.5. The van der Waals surface area contributed by atoms with Gasteiger partial charge in [0, 0.05) is 41.3 Å². The van der Waals surface area contributed by atoms with Gasteiger partial charge in [0.1, 0.15) is 11.6 Å². The van der Waals surface area contributed by atoms with E-state index in [9.17, 15) is 18.4 Å². The second-order valence-corrected chi connectivity index (χ2v) is 7.62. The predicted molar refractivity (Wildman–Crippen MR) is 112 cm³/mol. The lowest BCUT2D eigenvalue weighted by Crippen LogP contribution is -2.40. The van der Waals surface area contributed by atoms with Crippen molar-refractivity contribution in [2.24, 2.45) is 5.92 Å². The Morgan fingerprint density at radius 1 is 1.20 bits per heavy atom. The Morgan fingerprint density at radius 3 is 2.60 bits per heavy atom. The van der Waals surface area contributed by atoms with Crippen LogP contribution in [0.5, 0.6) is 5.75 Å². The second kappa shape index (κ2) is 10.3. The van der Waals surface area contributed by atoms with Gasteiger partial charge >= 0.3 is 6.61 Å². The molecule has 0 saturated carbocycles. The number of alkyl halides is 2. The summed E-state index contributed by atoms with van der Waals surface area (Å²) in [6.07, 6.45) is 5.46. The summed E-state index contributed by atoms with van der Waals surface area (Å²) in [5.41, 5.74) is 0.391. The van der Waals surface area contributed by atoms with Crippen LogP contribution >= 0.6 is 15.9 Å². The number of rotatable bonds is 6. The van der Waals surface area contributed by atoms with Gasteiger partial charge in [0.15, 0.2) is 0 Å². The number of hydrogen-bond donors (Lipinski definition) is 1. The van der Waals surface area contributed by atoms with Crippen molar-refractivity contribution < 1.29 is 23.1 Å². The third-order valence-corrected chi connectivity index (χ3v) is 5.17. The molecule has 3 rings (SSSR count). The lowest BCUT2D eigenvalue weighted by Gasteiger charge is -2.30. The zero-order valence-corrected chi connectivity index (χ0v) is 17.5. The molecule has 1 N–H and O–H groups in total. The number of benzene rings is 1. The van der Waals surface area contributed by atoms with Crippen LogP contribution in [0.15, 0.2) is 53.1 Å². The highest BCUT2D eigenvalue weighted by atomic mass is 79.9. The lowest BCUT2D eigenvalue weighted by molar-refractivity contribution is -0.130. The minimum absolute atomic E-state index is 0.00785. The number of ether oxygens (including phenoxy) is 1. The molecule has 1 aromatic carbocycles. The Hall–Kier alpha value is -2.81. The van der Waals surface area contributed by atoms with Crippen LogP contribution in [0.2, 0.25) is 0 Å². The molecule has 2 aromatic rings. The number of amides is 2. The van der Waals surface area contributed by atoms with Gasteiger partial charge in [-0.25, -0.2) is 4.98 Å². The quantitative estimate of drug-likeness (QED) is 0.625. The fraction of sp³-hybridized carbons (Fsp3) is 0.286.